The SMILES string of the molecule is Brc1ccccc1-c1cccc(-c2ccc3c4ccccc4n(-c4ccc5c(c4)-c4ccccc4C5(c4ccccc4)c4ccccc4)c3c2)c1. The molecule has 0 unspecified atom stereocenters. The monoisotopic (exact) mass is 713 g/mol. The van der Waals surface area contributed by atoms with Gasteiger partial charge in [0.1, 0.15) is 0 Å². The third-order valence-corrected chi connectivity index (χ3v) is 11.4. The van der Waals surface area contributed by atoms with Crippen LogP contribution in [0, 0.1) is 0 Å². The number of rotatable bonds is 5. The van der Waals surface area contributed by atoms with E-state index >= 15 is 0 Å². The molecule has 9 aromatic rings. The van der Waals surface area contributed by atoms with Crippen LogP contribution in [0.4, 0.5) is 0 Å². The summed E-state index contributed by atoms with van der Waals surface area (Å²) in [7, 11) is 0. The second-order valence-electron chi connectivity index (χ2n) is 13.4. The van der Waals surface area contributed by atoms with Gasteiger partial charge in [-0.25, -0.2) is 0 Å². The van der Waals surface area contributed by atoms with E-state index in [1.807, 2.05) is 0 Å². The Bertz CT molecular complexity index is 2720. The molecule has 0 bridgehead atoms. The number of para-hydroxylation sites is 1. The van der Waals surface area contributed by atoms with Crippen LogP contribution in [-0.2, 0) is 5.41 Å². The van der Waals surface area contributed by atoms with Crippen LogP contribution < -0.4 is 0 Å². The number of halogens is 1. The summed E-state index contributed by atoms with van der Waals surface area (Å²) < 4.78 is 3.55. The highest BCUT2D eigenvalue weighted by atomic mass is 79.9. The number of hydrogen-bond donors (Lipinski definition) is 0. The van der Waals surface area contributed by atoms with Crippen molar-refractivity contribution in [3.8, 4) is 39.1 Å². The maximum atomic E-state index is 3.76. The molecule has 0 N–H and O–H groups in total. The summed E-state index contributed by atoms with van der Waals surface area (Å²) in [6.07, 6.45) is 0. The zero-order valence-electron chi connectivity index (χ0n) is 27.8. The van der Waals surface area contributed by atoms with Gasteiger partial charge in [0.15, 0.2) is 0 Å². The van der Waals surface area contributed by atoms with Crippen molar-refractivity contribution in [2.75, 3.05) is 0 Å². The van der Waals surface area contributed by atoms with Crippen LogP contribution in [0.1, 0.15) is 22.3 Å². The van der Waals surface area contributed by atoms with Gasteiger partial charge in [-0.1, -0.05) is 174 Å². The van der Waals surface area contributed by atoms with Crippen LogP contribution in [0.2, 0.25) is 0 Å². The molecule has 0 fully saturated rings. The van der Waals surface area contributed by atoms with E-state index in [2.05, 4.69) is 215 Å². The minimum Gasteiger partial charge on any atom is -0.309 e. The van der Waals surface area contributed by atoms with Crippen LogP contribution in [0.25, 0.3) is 60.9 Å². The van der Waals surface area contributed by atoms with Gasteiger partial charge in [-0.15, -0.1) is 0 Å². The third-order valence-electron chi connectivity index (χ3n) is 10.8. The standard InChI is InChI=1S/C49H32BrN/c50-46-24-11-8-20-39(46)35-15-13-14-33(30-35)34-26-28-42-41-22-9-12-25-47(41)51(48(42)31-34)38-27-29-45-43(32-38)40-21-7-10-23-44(40)49(45,36-16-3-1-4-17-36)37-18-5-2-6-19-37/h1-32H. The van der Waals surface area contributed by atoms with E-state index in [9.17, 15) is 0 Å². The molecular weight excluding hydrogens is 682 g/mol. The molecule has 0 amide bonds. The lowest BCUT2D eigenvalue weighted by Crippen LogP contribution is -2.28. The van der Waals surface area contributed by atoms with Crippen molar-refractivity contribution >= 4 is 37.7 Å². The molecular formula is C49H32BrN. The van der Waals surface area contributed by atoms with E-state index < -0.39 is 5.41 Å². The predicted octanol–water partition coefficient (Wildman–Crippen LogP) is 13.2. The Morgan fingerprint density at radius 2 is 0.980 bits per heavy atom. The van der Waals surface area contributed by atoms with E-state index in [4.69, 9.17) is 0 Å². The Morgan fingerprint density at radius 1 is 0.373 bits per heavy atom. The highest BCUT2D eigenvalue weighted by molar-refractivity contribution is 9.10. The van der Waals surface area contributed by atoms with Gasteiger partial charge < -0.3 is 4.57 Å². The number of nitrogens with zero attached hydrogens (tertiary/aromatic N) is 1. The maximum absolute atomic E-state index is 3.76. The fourth-order valence-electron chi connectivity index (χ4n) is 8.57. The molecule has 0 spiro atoms. The van der Waals surface area contributed by atoms with Crippen molar-refractivity contribution in [1.29, 1.82) is 0 Å². The molecule has 240 valence electrons. The molecule has 0 saturated carbocycles. The molecule has 2 heteroatoms. The molecule has 0 aliphatic heterocycles. The number of hydrogen-bond acceptors (Lipinski definition) is 0. The van der Waals surface area contributed by atoms with E-state index in [1.165, 1.54) is 77.4 Å². The minimum atomic E-state index is -0.417. The van der Waals surface area contributed by atoms with Gasteiger partial charge in [-0.3, -0.25) is 0 Å². The normalized spacial score (nSPS) is 13.0. The molecule has 51 heavy (non-hydrogen) atoms. The zero-order valence-corrected chi connectivity index (χ0v) is 29.4. The molecule has 0 radical (unpaired) electrons. The summed E-state index contributed by atoms with van der Waals surface area (Å²) in [5, 5.41) is 2.50. The van der Waals surface area contributed by atoms with Crippen LogP contribution >= 0.6 is 15.9 Å². The van der Waals surface area contributed by atoms with Crippen molar-refractivity contribution in [3.63, 3.8) is 0 Å². The minimum absolute atomic E-state index is 0.417. The van der Waals surface area contributed by atoms with Crippen LogP contribution in [-0.4, -0.2) is 4.57 Å². The lowest BCUT2D eigenvalue weighted by Gasteiger charge is -2.33. The van der Waals surface area contributed by atoms with Gasteiger partial charge in [0.2, 0.25) is 0 Å². The first-order valence-corrected chi connectivity index (χ1v) is 18.3. The second-order valence-corrected chi connectivity index (χ2v) is 14.3. The van der Waals surface area contributed by atoms with Gasteiger partial charge in [0.05, 0.1) is 16.4 Å². The first kappa shape index (κ1) is 29.9. The maximum Gasteiger partial charge on any atom is 0.0713 e. The van der Waals surface area contributed by atoms with Gasteiger partial charge in [-0.05, 0) is 92.0 Å². The third kappa shape index (κ3) is 4.53. The van der Waals surface area contributed by atoms with E-state index in [-0.39, 0.29) is 0 Å². The lowest BCUT2D eigenvalue weighted by atomic mass is 9.68. The number of fused-ring (bicyclic) bond motifs is 6. The molecule has 1 aromatic heterocycles. The van der Waals surface area contributed by atoms with Gasteiger partial charge >= 0.3 is 0 Å². The molecule has 1 heterocycles. The topological polar surface area (TPSA) is 4.93 Å². The smallest absolute Gasteiger partial charge is 0.0713 e. The van der Waals surface area contributed by atoms with Crippen molar-refractivity contribution in [2.24, 2.45) is 0 Å². The first-order valence-electron chi connectivity index (χ1n) is 17.5. The quantitative estimate of drug-likeness (QED) is 0.167. The summed E-state index contributed by atoms with van der Waals surface area (Å²) in [5.74, 6) is 0. The second kappa shape index (κ2) is 11.8. The van der Waals surface area contributed by atoms with E-state index in [1.54, 1.807) is 0 Å². The van der Waals surface area contributed by atoms with Gasteiger partial charge in [0, 0.05) is 20.9 Å². The largest absolute Gasteiger partial charge is 0.309 e. The van der Waals surface area contributed by atoms with E-state index in [0.717, 1.165) is 10.2 Å². The van der Waals surface area contributed by atoms with Gasteiger partial charge in [0.25, 0.3) is 0 Å². The van der Waals surface area contributed by atoms with Crippen molar-refractivity contribution in [1.82, 2.24) is 4.57 Å². The summed E-state index contributed by atoms with van der Waals surface area (Å²) in [4.78, 5) is 0. The molecule has 0 saturated heterocycles. The summed E-state index contributed by atoms with van der Waals surface area (Å²) in [6.45, 7) is 0. The lowest BCUT2D eigenvalue weighted by molar-refractivity contribution is 0.768. The molecule has 10 rings (SSSR count). The Labute approximate surface area is 306 Å². The molecule has 1 aliphatic carbocycles. The zero-order chi connectivity index (χ0) is 33.9. The average Bonchev–Trinajstić information content (AvgIpc) is 3.69. The van der Waals surface area contributed by atoms with Crippen LogP contribution in [0.15, 0.2) is 199 Å². The van der Waals surface area contributed by atoms with Crippen LogP contribution in [0.5, 0.6) is 0 Å². The number of benzene rings is 8. The predicted molar refractivity (Wildman–Crippen MR) is 217 cm³/mol. The average molecular weight is 715 g/mol. The Morgan fingerprint density at radius 3 is 1.76 bits per heavy atom. The number of aromatic nitrogens is 1. The summed E-state index contributed by atoms with van der Waals surface area (Å²) >= 11 is 3.76. The Kier molecular flexibility index (Phi) is 6.94. The first-order chi connectivity index (χ1) is 25.2. The Hall–Kier alpha value is -5.96. The Balaban J connectivity index is 1.20. The fraction of sp³-hybridized carbons (Fsp3) is 0.0204. The van der Waals surface area contributed by atoms with Crippen molar-refractivity contribution in [2.45, 2.75) is 5.41 Å². The molecule has 1 aliphatic rings. The highest BCUT2D eigenvalue weighted by Gasteiger charge is 2.46. The van der Waals surface area contributed by atoms with Gasteiger partial charge in [-0.2, -0.15) is 0 Å². The molecule has 0 atom stereocenters. The summed E-state index contributed by atoms with van der Waals surface area (Å²) in [6, 6.07) is 71.2. The van der Waals surface area contributed by atoms with E-state index in [0.29, 0.717) is 0 Å². The molecule has 1 nitrogen and oxygen atoms in total. The summed E-state index contributed by atoms with van der Waals surface area (Å²) in [5.41, 5.74) is 15.7. The molecule has 8 aromatic carbocycles. The van der Waals surface area contributed by atoms with Crippen molar-refractivity contribution < 1.29 is 0 Å². The fourth-order valence-corrected chi connectivity index (χ4v) is 9.08. The van der Waals surface area contributed by atoms with Crippen molar-refractivity contribution in [3.05, 3.63) is 221 Å². The highest BCUT2D eigenvalue weighted by Crippen LogP contribution is 2.56. The van der Waals surface area contributed by atoms with Crippen LogP contribution in [0.3, 0.4) is 0 Å².